The van der Waals surface area contributed by atoms with E-state index in [0.717, 1.165) is 31.0 Å². The third kappa shape index (κ3) is 3.20. The zero-order chi connectivity index (χ0) is 12.8. The van der Waals surface area contributed by atoms with E-state index in [4.69, 9.17) is 4.74 Å². The number of rotatable bonds is 6. The predicted octanol–water partition coefficient (Wildman–Crippen LogP) is 2.57. The molecule has 1 N–H and O–H groups in total. The first-order valence-corrected chi connectivity index (χ1v) is 8.26. The number of hydrogen-bond donors (Lipinski definition) is 1. The Morgan fingerprint density at radius 3 is 3.00 bits per heavy atom. The first-order chi connectivity index (χ1) is 8.80. The molecule has 2 fully saturated rings. The van der Waals surface area contributed by atoms with Crippen molar-refractivity contribution < 1.29 is 4.74 Å². The Balaban J connectivity index is 1.68. The van der Waals surface area contributed by atoms with Crippen molar-refractivity contribution in [1.29, 1.82) is 5.26 Å². The van der Waals surface area contributed by atoms with Gasteiger partial charge in [0.2, 0.25) is 0 Å². The molecule has 3 atom stereocenters. The van der Waals surface area contributed by atoms with E-state index in [1.54, 1.807) is 0 Å². The Kier molecular flexibility index (Phi) is 5.35. The Labute approximate surface area is 115 Å². The fraction of sp³-hybridized carbons (Fsp3) is 0.929. The minimum atomic E-state index is -0.246. The molecule has 0 aromatic heterocycles. The number of nitrogens with zero attached hydrogens (tertiary/aromatic N) is 1. The van der Waals surface area contributed by atoms with Crippen LogP contribution in [-0.4, -0.2) is 36.8 Å². The van der Waals surface area contributed by atoms with E-state index in [1.165, 1.54) is 25.7 Å². The van der Waals surface area contributed by atoms with E-state index in [9.17, 15) is 5.26 Å². The van der Waals surface area contributed by atoms with Crippen molar-refractivity contribution in [1.82, 2.24) is 5.32 Å². The molecule has 3 unspecified atom stereocenters. The van der Waals surface area contributed by atoms with Gasteiger partial charge in [-0.3, -0.25) is 0 Å². The molecular weight excluding hydrogens is 244 g/mol. The summed E-state index contributed by atoms with van der Waals surface area (Å²) in [6, 6.07) is 2.51. The van der Waals surface area contributed by atoms with Gasteiger partial charge in [-0.05, 0) is 50.8 Å². The summed E-state index contributed by atoms with van der Waals surface area (Å²) in [6.07, 6.45) is 7.51. The fourth-order valence-electron chi connectivity index (χ4n) is 3.22. The van der Waals surface area contributed by atoms with Crippen LogP contribution in [0.5, 0.6) is 0 Å². The van der Waals surface area contributed by atoms with Crippen LogP contribution >= 0.6 is 11.8 Å². The lowest BCUT2D eigenvalue weighted by atomic mass is 9.87. The number of nitriles is 1. The molecule has 0 bridgehead atoms. The van der Waals surface area contributed by atoms with E-state index in [-0.39, 0.29) is 5.54 Å². The summed E-state index contributed by atoms with van der Waals surface area (Å²) in [5.74, 6) is 2.83. The zero-order valence-corrected chi connectivity index (χ0v) is 12.1. The summed E-state index contributed by atoms with van der Waals surface area (Å²) in [7, 11) is 1.93. The van der Waals surface area contributed by atoms with Gasteiger partial charge in [0.25, 0.3) is 0 Å². The molecule has 0 aromatic carbocycles. The topological polar surface area (TPSA) is 45.0 Å². The summed E-state index contributed by atoms with van der Waals surface area (Å²) in [6.45, 7) is 0.950. The smallest absolute Gasteiger partial charge is 0.109 e. The van der Waals surface area contributed by atoms with Crippen LogP contribution in [0, 0.1) is 17.2 Å². The lowest BCUT2D eigenvalue weighted by Crippen LogP contribution is -2.44. The van der Waals surface area contributed by atoms with Gasteiger partial charge in [0.1, 0.15) is 5.54 Å². The molecular formula is C14H24N2OS. The summed E-state index contributed by atoms with van der Waals surface area (Å²) in [4.78, 5) is 0. The summed E-state index contributed by atoms with van der Waals surface area (Å²) in [5, 5.41) is 12.6. The molecule has 4 heteroatoms. The molecule has 0 amide bonds. The summed E-state index contributed by atoms with van der Waals surface area (Å²) in [5.41, 5.74) is -0.246. The Morgan fingerprint density at radius 2 is 2.33 bits per heavy atom. The van der Waals surface area contributed by atoms with Crippen LogP contribution in [0.4, 0.5) is 0 Å². The van der Waals surface area contributed by atoms with Crippen LogP contribution in [-0.2, 0) is 4.74 Å². The van der Waals surface area contributed by atoms with E-state index >= 15 is 0 Å². The zero-order valence-electron chi connectivity index (χ0n) is 11.3. The minimum Gasteiger partial charge on any atom is -0.377 e. The van der Waals surface area contributed by atoms with Gasteiger partial charge in [-0.2, -0.15) is 17.0 Å². The Bertz CT molecular complexity index is 299. The van der Waals surface area contributed by atoms with Gasteiger partial charge in [0, 0.05) is 12.4 Å². The van der Waals surface area contributed by atoms with Gasteiger partial charge >= 0.3 is 0 Å². The molecule has 1 heterocycles. The van der Waals surface area contributed by atoms with Crippen molar-refractivity contribution >= 4 is 11.8 Å². The normalized spacial score (nSPS) is 35.8. The van der Waals surface area contributed by atoms with Crippen LogP contribution < -0.4 is 5.32 Å². The highest BCUT2D eigenvalue weighted by atomic mass is 32.2. The second kappa shape index (κ2) is 6.79. The van der Waals surface area contributed by atoms with Crippen LogP contribution in [0.15, 0.2) is 0 Å². The second-order valence-electron chi connectivity index (χ2n) is 5.42. The van der Waals surface area contributed by atoms with Crippen molar-refractivity contribution in [3.63, 3.8) is 0 Å². The minimum absolute atomic E-state index is 0.246. The predicted molar refractivity (Wildman–Crippen MR) is 75.7 cm³/mol. The molecule has 3 nitrogen and oxygen atoms in total. The fourth-order valence-corrected chi connectivity index (χ4v) is 4.36. The second-order valence-corrected chi connectivity index (χ2v) is 6.57. The molecule has 1 saturated carbocycles. The van der Waals surface area contributed by atoms with E-state index in [2.05, 4.69) is 11.4 Å². The largest absolute Gasteiger partial charge is 0.377 e. The highest BCUT2D eigenvalue weighted by Gasteiger charge is 2.41. The van der Waals surface area contributed by atoms with E-state index < -0.39 is 0 Å². The number of thioether (sulfide) groups is 1. The van der Waals surface area contributed by atoms with Gasteiger partial charge in [-0.15, -0.1) is 0 Å². The maximum absolute atomic E-state index is 9.38. The third-order valence-corrected chi connectivity index (χ3v) is 5.54. The molecule has 1 saturated heterocycles. The van der Waals surface area contributed by atoms with Crippen LogP contribution in [0.2, 0.25) is 0 Å². The Morgan fingerprint density at radius 1 is 1.44 bits per heavy atom. The average molecular weight is 268 g/mol. The number of hydrogen-bond acceptors (Lipinski definition) is 4. The molecule has 0 aromatic rings. The highest BCUT2D eigenvalue weighted by molar-refractivity contribution is 7.99. The van der Waals surface area contributed by atoms with Crippen molar-refractivity contribution in [2.45, 2.75) is 50.2 Å². The molecule has 1 aliphatic heterocycles. The number of nitrogens with one attached hydrogen (secondary N) is 1. The van der Waals surface area contributed by atoms with Crippen molar-refractivity contribution in [2.75, 3.05) is 25.2 Å². The summed E-state index contributed by atoms with van der Waals surface area (Å²) >= 11 is 2.00. The quantitative estimate of drug-likeness (QED) is 0.752. The first kappa shape index (κ1) is 14.2. The Hall–Kier alpha value is -0.240. The molecule has 0 radical (unpaired) electrons. The lowest BCUT2D eigenvalue weighted by Gasteiger charge is -2.28. The van der Waals surface area contributed by atoms with Crippen molar-refractivity contribution in [2.24, 2.45) is 5.92 Å². The van der Waals surface area contributed by atoms with Gasteiger partial charge in [-0.1, -0.05) is 6.42 Å². The van der Waals surface area contributed by atoms with Crippen molar-refractivity contribution in [3.05, 3.63) is 0 Å². The van der Waals surface area contributed by atoms with Gasteiger partial charge in [0.05, 0.1) is 12.2 Å². The average Bonchev–Trinajstić information content (AvgIpc) is 3.04. The highest BCUT2D eigenvalue weighted by Crippen LogP contribution is 2.38. The molecule has 1 aliphatic carbocycles. The van der Waals surface area contributed by atoms with Crippen LogP contribution in [0.1, 0.15) is 38.5 Å². The maximum atomic E-state index is 9.38. The standard InChI is InChI=1S/C14H24N2OS/c1-16-14(11-15)7-2-4-12(14)6-9-18-10-13-5-3-8-17-13/h12-13,16H,2-10H2,1H3. The van der Waals surface area contributed by atoms with E-state index in [1.807, 2.05) is 18.8 Å². The van der Waals surface area contributed by atoms with Crippen molar-refractivity contribution in [3.8, 4) is 6.07 Å². The summed E-state index contributed by atoms with van der Waals surface area (Å²) < 4.78 is 5.62. The SMILES string of the molecule is CNC1(C#N)CCCC1CCSCC1CCCO1. The van der Waals surface area contributed by atoms with Gasteiger partial charge in [-0.25, -0.2) is 0 Å². The molecule has 18 heavy (non-hydrogen) atoms. The maximum Gasteiger partial charge on any atom is 0.109 e. The third-order valence-electron chi connectivity index (χ3n) is 4.40. The lowest BCUT2D eigenvalue weighted by molar-refractivity contribution is 0.129. The molecule has 0 spiro atoms. The van der Waals surface area contributed by atoms with Crippen LogP contribution in [0.3, 0.4) is 0 Å². The van der Waals surface area contributed by atoms with Crippen LogP contribution in [0.25, 0.3) is 0 Å². The van der Waals surface area contributed by atoms with E-state index in [0.29, 0.717) is 12.0 Å². The van der Waals surface area contributed by atoms with Gasteiger partial charge in [0.15, 0.2) is 0 Å². The molecule has 2 rings (SSSR count). The van der Waals surface area contributed by atoms with Gasteiger partial charge < -0.3 is 10.1 Å². The monoisotopic (exact) mass is 268 g/mol. The molecule has 102 valence electrons. The number of ether oxygens (including phenoxy) is 1. The molecule has 2 aliphatic rings. The first-order valence-electron chi connectivity index (χ1n) is 7.10.